The van der Waals surface area contributed by atoms with E-state index in [1.54, 1.807) is 24.3 Å². The minimum Gasteiger partial charge on any atom is -0.325 e. The van der Waals surface area contributed by atoms with E-state index < -0.39 is 27.5 Å². The molecule has 1 spiro atoms. The fourth-order valence-electron chi connectivity index (χ4n) is 4.63. The summed E-state index contributed by atoms with van der Waals surface area (Å²) in [6.07, 6.45) is 3.99. The maximum atomic E-state index is 13.0. The molecule has 4 amide bonds. The highest BCUT2D eigenvalue weighted by atomic mass is 32.2. The molecule has 186 valence electrons. The Labute approximate surface area is 205 Å². The molecule has 2 fully saturated rings. The Morgan fingerprint density at radius 2 is 1.63 bits per heavy atom. The van der Waals surface area contributed by atoms with Crippen molar-refractivity contribution in [3.63, 3.8) is 0 Å². The second-order valence-corrected chi connectivity index (χ2v) is 11.0. The van der Waals surface area contributed by atoms with Crippen molar-refractivity contribution < 1.29 is 22.8 Å². The molecule has 2 aromatic carbocycles. The highest BCUT2D eigenvalue weighted by Gasteiger charge is 2.52. The van der Waals surface area contributed by atoms with Gasteiger partial charge in [0.1, 0.15) is 12.1 Å². The van der Waals surface area contributed by atoms with Gasteiger partial charge in [0.2, 0.25) is 5.91 Å². The van der Waals surface area contributed by atoms with Gasteiger partial charge in [-0.25, -0.2) is 13.2 Å². The zero-order chi connectivity index (χ0) is 25.2. The summed E-state index contributed by atoms with van der Waals surface area (Å²) >= 11 is 0. The number of carbonyl (C=O) groups excluding carboxylic acids is 3. The Bertz CT molecular complexity index is 1220. The van der Waals surface area contributed by atoms with E-state index in [2.05, 4.69) is 22.3 Å². The average Bonchev–Trinajstić information content (AvgIpc) is 3.05. The van der Waals surface area contributed by atoms with Crippen molar-refractivity contribution in [2.24, 2.45) is 5.92 Å². The average molecular weight is 499 g/mol. The van der Waals surface area contributed by atoms with E-state index in [0.717, 1.165) is 29.7 Å². The Morgan fingerprint density at radius 1 is 1.03 bits per heavy atom. The molecular weight excluding hydrogens is 468 g/mol. The van der Waals surface area contributed by atoms with E-state index in [-0.39, 0.29) is 17.3 Å². The molecule has 0 unspecified atom stereocenters. The van der Waals surface area contributed by atoms with Crippen LogP contribution in [-0.4, -0.2) is 43.2 Å². The number of amides is 4. The molecule has 3 N–H and O–H groups in total. The maximum absolute atomic E-state index is 13.0. The van der Waals surface area contributed by atoms with Crippen LogP contribution in [0, 0.1) is 12.8 Å². The highest BCUT2D eigenvalue weighted by Crippen LogP contribution is 2.37. The van der Waals surface area contributed by atoms with Crippen LogP contribution < -0.4 is 15.4 Å². The second kappa shape index (κ2) is 9.69. The number of aryl methyl sites for hydroxylation is 1. The van der Waals surface area contributed by atoms with Gasteiger partial charge in [-0.05, 0) is 74.9 Å². The zero-order valence-corrected chi connectivity index (χ0v) is 20.7. The summed E-state index contributed by atoms with van der Waals surface area (Å²) in [4.78, 5) is 39.1. The van der Waals surface area contributed by atoms with Gasteiger partial charge in [0, 0.05) is 11.4 Å². The summed E-state index contributed by atoms with van der Waals surface area (Å²) in [5.74, 6) is -0.291. The lowest BCUT2D eigenvalue weighted by Crippen LogP contribution is -2.49. The largest absolute Gasteiger partial charge is 0.325 e. The fraction of sp³-hybridized carbons (Fsp3) is 0.400. The van der Waals surface area contributed by atoms with E-state index in [9.17, 15) is 22.8 Å². The van der Waals surface area contributed by atoms with Gasteiger partial charge in [-0.1, -0.05) is 31.0 Å². The van der Waals surface area contributed by atoms with Crippen LogP contribution in [0.5, 0.6) is 0 Å². The number of benzene rings is 2. The summed E-state index contributed by atoms with van der Waals surface area (Å²) < 4.78 is 27.6. The molecular formula is C25H30N4O5S. The van der Waals surface area contributed by atoms with Gasteiger partial charge in [0.05, 0.1) is 4.90 Å². The van der Waals surface area contributed by atoms with E-state index in [1.165, 1.54) is 24.3 Å². The molecule has 9 nitrogen and oxygen atoms in total. The summed E-state index contributed by atoms with van der Waals surface area (Å²) in [5.41, 5.74) is 0.816. The van der Waals surface area contributed by atoms with Crippen LogP contribution in [0.3, 0.4) is 0 Å². The number of rotatable bonds is 7. The normalized spacial score (nSPS) is 22.2. The van der Waals surface area contributed by atoms with Crippen molar-refractivity contribution in [2.75, 3.05) is 16.6 Å². The number of carbonyl (C=O) groups is 3. The predicted molar refractivity (Wildman–Crippen MR) is 132 cm³/mol. The first-order valence-corrected chi connectivity index (χ1v) is 13.2. The fourth-order valence-corrected chi connectivity index (χ4v) is 5.69. The third kappa shape index (κ3) is 5.32. The van der Waals surface area contributed by atoms with Crippen LogP contribution in [0.25, 0.3) is 0 Å². The molecule has 10 heteroatoms. The molecule has 0 radical (unpaired) electrons. The molecule has 0 aromatic heterocycles. The van der Waals surface area contributed by atoms with Crippen molar-refractivity contribution in [2.45, 2.75) is 56.4 Å². The number of sulfonamides is 1. The van der Waals surface area contributed by atoms with Crippen LogP contribution >= 0.6 is 0 Å². The second-order valence-electron chi connectivity index (χ2n) is 9.30. The van der Waals surface area contributed by atoms with Crippen molar-refractivity contribution >= 4 is 39.2 Å². The quantitative estimate of drug-likeness (QED) is 0.503. The number of urea groups is 1. The van der Waals surface area contributed by atoms with E-state index in [1.807, 2.05) is 6.92 Å². The first kappa shape index (κ1) is 24.7. The van der Waals surface area contributed by atoms with E-state index >= 15 is 0 Å². The van der Waals surface area contributed by atoms with Crippen molar-refractivity contribution in [3.8, 4) is 0 Å². The lowest BCUT2D eigenvalue weighted by atomic mass is 9.75. The SMILES string of the molecule is CCC1CCC2(CC1)NC(=O)N(CC(=O)Nc1ccc(NS(=O)(=O)c3ccc(C)cc3)cc1)C2=O. The van der Waals surface area contributed by atoms with Crippen LogP contribution in [0.15, 0.2) is 53.4 Å². The molecule has 2 aliphatic rings. The van der Waals surface area contributed by atoms with Crippen LogP contribution in [0.4, 0.5) is 16.2 Å². The third-order valence-corrected chi connectivity index (χ3v) is 8.23. The maximum Gasteiger partial charge on any atom is 0.325 e. The number of nitrogens with zero attached hydrogens (tertiary/aromatic N) is 1. The molecule has 35 heavy (non-hydrogen) atoms. The van der Waals surface area contributed by atoms with Gasteiger partial charge < -0.3 is 10.6 Å². The van der Waals surface area contributed by atoms with Crippen LogP contribution in [-0.2, 0) is 19.6 Å². The number of nitrogens with one attached hydrogen (secondary N) is 3. The number of imide groups is 1. The summed E-state index contributed by atoms with van der Waals surface area (Å²) in [7, 11) is -3.74. The smallest absolute Gasteiger partial charge is 0.325 e. The van der Waals surface area contributed by atoms with E-state index in [4.69, 9.17) is 0 Å². The van der Waals surface area contributed by atoms with Gasteiger partial charge in [-0.2, -0.15) is 0 Å². The van der Waals surface area contributed by atoms with Crippen molar-refractivity contribution in [3.05, 3.63) is 54.1 Å². The minimum absolute atomic E-state index is 0.148. The molecule has 1 aliphatic heterocycles. The number of anilines is 2. The lowest BCUT2D eigenvalue weighted by Gasteiger charge is -2.34. The number of hydrogen-bond donors (Lipinski definition) is 3. The van der Waals surface area contributed by atoms with Crippen molar-refractivity contribution in [1.82, 2.24) is 10.2 Å². The van der Waals surface area contributed by atoms with Gasteiger partial charge in [-0.15, -0.1) is 0 Å². The first-order valence-electron chi connectivity index (χ1n) is 11.8. The highest BCUT2D eigenvalue weighted by molar-refractivity contribution is 7.92. The minimum atomic E-state index is -3.74. The van der Waals surface area contributed by atoms with Crippen molar-refractivity contribution in [1.29, 1.82) is 0 Å². The van der Waals surface area contributed by atoms with Gasteiger partial charge >= 0.3 is 6.03 Å². The Hall–Kier alpha value is -3.40. The summed E-state index contributed by atoms with van der Waals surface area (Å²) in [6, 6.07) is 12.1. The molecule has 0 bridgehead atoms. The Morgan fingerprint density at radius 3 is 2.23 bits per heavy atom. The van der Waals surface area contributed by atoms with Gasteiger partial charge in [0.25, 0.3) is 15.9 Å². The number of hydrogen-bond acceptors (Lipinski definition) is 5. The molecule has 1 aliphatic carbocycles. The molecule has 0 atom stereocenters. The molecule has 1 saturated carbocycles. The van der Waals surface area contributed by atoms with Gasteiger partial charge in [-0.3, -0.25) is 19.2 Å². The Kier molecular flexibility index (Phi) is 6.84. The zero-order valence-electron chi connectivity index (χ0n) is 19.8. The summed E-state index contributed by atoms with van der Waals surface area (Å²) in [5, 5.41) is 5.48. The predicted octanol–water partition coefficient (Wildman–Crippen LogP) is 3.63. The molecule has 1 saturated heterocycles. The van der Waals surface area contributed by atoms with Crippen LogP contribution in [0.2, 0.25) is 0 Å². The molecule has 1 heterocycles. The standard InChI is InChI=1S/C25H30N4O5S/c1-3-18-12-14-25(15-13-18)23(31)29(24(32)27-25)16-22(30)26-19-6-8-20(9-7-19)28-35(33,34)21-10-4-17(2)5-11-21/h4-11,18,28H,3,12-16H2,1-2H3,(H,26,30)(H,27,32). The Balaban J connectivity index is 1.34. The van der Waals surface area contributed by atoms with Crippen LogP contribution in [0.1, 0.15) is 44.6 Å². The monoisotopic (exact) mass is 498 g/mol. The molecule has 2 aromatic rings. The molecule has 4 rings (SSSR count). The lowest BCUT2D eigenvalue weighted by molar-refractivity contribution is -0.135. The van der Waals surface area contributed by atoms with Gasteiger partial charge in [0.15, 0.2) is 0 Å². The van der Waals surface area contributed by atoms with E-state index in [0.29, 0.717) is 30.1 Å². The first-order chi connectivity index (χ1) is 16.6. The topological polar surface area (TPSA) is 125 Å². The third-order valence-electron chi connectivity index (χ3n) is 6.84. The summed E-state index contributed by atoms with van der Waals surface area (Å²) in [6.45, 7) is 3.61.